The molecule has 15 heavy (non-hydrogen) atoms. The van der Waals surface area contributed by atoms with E-state index in [9.17, 15) is 4.79 Å². The summed E-state index contributed by atoms with van der Waals surface area (Å²) in [5.41, 5.74) is 0.705. The third kappa shape index (κ3) is 2.79. The van der Waals surface area contributed by atoms with Gasteiger partial charge in [0, 0.05) is 22.6 Å². The Morgan fingerprint density at radius 3 is 3.07 bits per heavy atom. The summed E-state index contributed by atoms with van der Waals surface area (Å²) in [6, 6.07) is 7.71. The molecule has 0 unspecified atom stereocenters. The summed E-state index contributed by atoms with van der Waals surface area (Å²) in [6.07, 6.45) is 1.01. The van der Waals surface area contributed by atoms with Gasteiger partial charge in [-0.1, -0.05) is 22.0 Å². The van der Waals surface area contributed by atoms with Crippen molar-refractivity contribution in [3.05, 3.63) is 34.3 Å². The van der Waals surface area contributed by atoms with Crippen LogP contribution in [0.5, 0.6) is 0 Å². The Morgan fingerprint density at radius 2 is 2.40 bits per heavy atom. The Hall–Kier alpha value is -0.870. The Morgan fingerprint density at radius 1 is 1.53 bits per heavy atom. The van der Waals surface area contributed by atoms with Crippen LogP contribution in [0.2, 0.25) is 0 Å². The smallest absolute Gasteiger partial charge is 0.251 e. The average molecular weight is 269 g/mol. The summed E-state index contributed by atoms with van der Waals surface area (Å²) in [5.74, 6) is 0.00463. The van der Waals surface area contributed by atoms with Gasteiger partial charge >= 0.3 is 0 Å². The predicted octanol–water partition coefficient (Wildman–Crippen LogP) is 1.54. The number of hydrogen-bond acceptors (Lipinski definition) is 2. The van der Waals surface area contributed by atoms with E-state index in [-0.39, 0.29) is 11.9 Å². The highest BCUT2D eigenvalue weighted by Gasteiger charge is 2.17. The fourth-order valence-electron chi connectivity index (χ4n) is 1.68. The lowest BCUT2D eigenvalue weighted by atomic mass is 10.2. The van der Waals surface area contributed by atoms with Crippen LogP contribution in [0, 0.1) is 0 Å². The van der Waals surface area contributed by atoms with Gasteiger partial charge < -0.3 is 10.6 Å². The topological polar surface area (TPSA) is 41.1 Å². The van der Waals surface area contributed by atoms with Crippen LogP contribution in [0.25, 0.3) is 0 Å². The van der Waals surface area contributed by atoms with E-state index >= 15 is 0 Å². The molecule has 80 valence electrons. The molecule has 1 fully saturated rings. The molecule has 1 atom stereocenters. The lowest BCUT2D eigenvalue weighted by Crippen LogP contribution is -2.36. The number of benzene rings is 1. The highest BCUT2D eigenvalue weighted by Crippen LogP contribution is 2.12. The molecule has 3 nitrogen and oxygen atoms in total. The van der Waals surface area contributed by atoms with Crippen LogP contribution < -0.4 is 10.6 Å². The van der Waals surface area contributed by atoms with Crippen molar-refractivity contribution in [3.63, 3.8) is 0 Å². The quantitative estimate of drug-likeness (QED) is 0.855. The molecule has 1 amide bonds. The number of rotatable bonds is 2. The third-order valence-corrected chi connectivity index (χ3v) is 2.98. The van der Waals surface area contributed by atoms with Crippen molar-refractivity contribution in [2.45, 2.75) is 12.5 Å². The Labute approximate surface area is 97.4 Å². The van der Waals surface area contributed by atoms with Gasteiger partial charge in [-0.2, -0.15) is 0 Å². The minimum atomic E-state index is 0.00463. The Kier molecular flexibility index (Phi) is 3.38. The molecular weight excluding hydrogens is 256 g/mol. The van der Waals surface area contributed by atoms with Gasteiger partial charge in [0.25, 0.3) is 5.91 Å². The highest BCUT2D eigenvalue weighted by atomic mass is 79.9. The van der Waals surface area contributed by atoms with Gasteiger partial charge in [-0.05, 0) is 31.2 Å². The molecule has 0 aromatic heterocycles. The van der Waals surface area contributed by atoms with Crippen molar-refractivity contribution < 1.29 is 4.79 Å². The number of amides is 1. The van der Waals surface area contributed by atoms with Gasteiger partial charge in [-0.3, -0.25) is 4.79 Å². The van der Waals surface area contributed by atoms with Crippen LogP contribution >= 0.6 is 15.9 Å². The summed E-state index contributed by atoms with van der Waals surface area (Å²) >= 11 is 3.35. The molecule has 0 aliphatic carbocycles. The van der Waals surface area contributed by atoms with E-state index in [1.165, 1.54) is 0 Å². The number of carbonyl (C=O) groups excluding carboxylic acids is 1. The van der Waals surface area contributed by atoms with Crippen molar-refractivity contribution in [1.29, 1.82) is 0 Å². The van der Waals surface area contributed by atoms with Gasteiger partial charge in [0.2, 0.25) is 0 Å². The summed E-state index contributed by atoms with van der Waals surface area (Å²) in [5, 5.41) is 6.22. The van der Waals surface area contributed by atoms with Crippen LogP contribution in [0.15, 0.2) is 28.7 Å². The van der Waals surface area contributed by atoms with E-state index in [1.807, 2.05) is 24.3 Å². The molecule has 0 bridgehead atoms. The zero-order chi connectivity index (χ0) is 10.7. The first-order valence-electron chi connectivity index (χ1n) is 5.03. The average Bonchev–Trinajstić information content (AvgIpc) is 2.70. The molecule has 1 aliphatic heterocycles. The highest BCUT2D eigenvalue weighted by molar-refractivity contribution is 9.10. The molecule has 2 N–H and O–H groups in total. The maximum absolute atomic E-state index is 11.8. The number of carbonyl (C=O) groups is 1. The minimum absolute atomic E-state index is 0.00463. The second-order valence-corrected chi connectivity index (χ2v) is 4.59. The van der Waals surface area contributed by atoms with Crippen molar-refractivity contribution in [1.82, 2.24) is 10.6 Å². The maximum Gasteiger partial charge on any atom is 0.251 e. The lowest BCUT2D eigenvalue weighted by Gasteiger charge is -2.11. The molecule has 4 heteroatoms. The second-order valence-electron chi connectivity index (χ2n) is 3.67. The zero-order valence-corrected chi connectivity index (χ0v) is 9.88. The first-order valence-corrected chi connectivity index (χ1v) is 5.82. The van der Waals surface area contributed by atoms with Crippen LogP contribution in [-0.4, -0.2) is 25.0 Å². The van der Waals surface area contributed by atoms with Crippen LogP contribution in [-0.2, 0) is 0 Å². The van der Waals surface area contributed by atoms with E-state index in [0.717, 1.165) is 24.0 Å². The van der Waals surface area contributed by atoms with E-state index in [4.69, 9.17) is 0 Å². The van der Waals surface area contributed by atoms with E-state index in [0.29, 0.717) is 5.56 Å². The largest absolute Gasteiger partial charge is 0.348 e. The fourth-order valence-corrected chi connectivity index (χ4v) is 2.08. The number of nitrogens with one attached hydrogen (secondary N) is 2. The number of hydrogen-bond donors (Lipinski definition) is 2. The summed E-state index contributed by atoms with van der Waals surface area (Å²) in [6.45, 7) is 1.86. The first-order chi connectivity index (χ1) is 7.25. The van der Waals surface area contributed by atoms with Gasteiger partial charge in [0.15, 0.2) is 0 Å². The second kappa shape index (κ2) is 4.77. The van der Waals surface area contributed by atoms with Crippen molar-refractivity contribution in [3.8, 4) is 0 Å². The molecule has 1 aromatic rings. The van der Waals surface area contributed by atoms with E-state index < -0.39 is 0 Å². The van der Waals surface area contributed by atoms with Gasteiger partial charge in [-0.15, -0.1) is 0 Å². The fraction of sp³-hybridized carbons (Fsp3) is 0.364. The summed E-state index contributed by atoms with van der Waals surface area (Å²) < 4.78 is 0.930. The van der Waals surface area contributed by atoms with Crippen LogP contribution in [0.3, 0.4) is 0 Å². The molecule has 1 heterocycles. The summed E-state index contributed by atoms with van der Waals surface area (Å²) in [7, 11) is 0. The SMILES string of the molecule is O=C(N[C@H]1CCNC1)c1cccc(Br)c1. The van der Waals surface area contributed by atoms with E-state index in [1.54, 1.807) is 0 Å². The molecule has 1 aliphatic rings. The predicted molar refractivity (Wildman–Crippen MR) is 62.9 cm³/mol. The minimum Gasteiger partial charge on any atom is -0.348 e. The normalized spacial score (nSPS) is 20.2. The molecular formula is C11H13BrN2O. The van der Waals surface area contributed by atoms with Gasteiger partial charge in [0.05, 0.1) is 0 Å². The lowest BCUT2D eigenvalue weighted by molar-refractivity contribution is 0.0940. The van der Waals surface area contributed by atoms with Crippen molar-refractivity contribution in [2.75, 3.05) is 13.1 Å². The van der Waals surface area contributed by atoms with Gasteiger partial charge in [-0.25, -0.2) is 0 Å². The van der Waals surface area contributed by atoms with E-state index in [2.05, 4.69) is 26.6 Å². The molecule has 0 radical (unpaired) electrons. The van der Waals surface area contributed by atoms with Crippen LogP contribution in [0.1, 0.15) is 16.8 Å². The van der Waals surface area contributed by atoms with Crippen LogP contribution in [0.4, 0.5) is 0 Å². The molecule has 1 saturated heterocycles. The molecule has 1 aromatic carbocycles. The number of halogens is 1. The summed E-state index contributed by atoms with van der Waals surface area (Å²) in [4.78, 5) is 11.8. The molecule has 2 rings (SSSR count). The monoisotopic (exact) mass is 268 g/mol. The zero-order valence-electron chi connectivity index (χ0n) is 8.29. The standard InChI is InChI=1S/C11H13BrN2O/c12-9-3-1-2-8(6-9)11(15)14-10-4-5-13-7-10/h1-3,6,10,13H,4-5,7H2,(H,14,15)/t10-/m0/s1. The first kappa shape index (κ1) is 10.6. The third-order valence-electron chi connectivity index (χ3n) is 2.48. The molecule has 0 spiro atoms. The Bertz CT molecular complexity index is 361. The van der Waals surface area contributed by atoms with Gasteiger partial charge in [0.1, 0.15) is 0 Å². The Balaban J connectivity index is 2.01. The van der Waals surface area contributed by atoms with Crippen molar-refractivity contribution in [2.24, 2.45) is 0 Å². The molecule has 0 saturated carbocycles. The maximum atomic E-state index is 11.8. The van der Waals surface area contributed by atoms with Crippen molar-refractivity contribution >= 4 is 21.8 Å².